The van der Waals surface area contributed by atoms with Crippen molar-refractivity contribution in [1.82, 2.24) is 19.7 Å². The first-order valence-electron chi connectivity index (χ1n) is 8.99. The summed E-state index contributed by atoms with van der Waals surface area (Å²) < 4.78 is 6.35. The van der Waals surface area contributed by atoms with Crippen LogP contribution in [0.5, 0.6) is 0 Å². The lowest BCUT2D eigenvalue weighted by Crippen LogP contribution is -2.16. The highest BCUT2D eigenvalue weighted by atomic mass is 35.5. The van der Waals surface area contributed by atoms with E-state index in [0.29, 0.717) is 23.1 Å². The van der Waals surface area contributed by atoms with Gasteiger partial charge in [0.1, 0.15) is 11.6 Å². The number of aliphatic hydroxyl groups excluding tert-OH is 1. The number of nitrogens with zero attached hydrogens (tertiary/aromatic N) is 4. The molecule has 0 unspecified atom stereocenters. The number of nitrogens with one attached hydrogen (secondary N) is 2. The first kappa shape index (κ1) is 20.6. The number of aromatic nitrogens is 4. The molecule has 0 fully saturated rings. The van der Waals surface area contributed by atoms with Crippen LogP contribution in [0.3, 0.4) is 0 Å². The molecular formula is C19H21ClN6O3. The largest absolute Gasteiger partial charge is 0.465 e. The number of carbonyl (C=O) groups is 1. The Hall–Kier alpha value is -3.17. The van der Waals surface area contributed by atoms with Crippen molar-refractivity contribution < 1.29 is 14.6 Å². The van der Waals surface area contributed by atoms with Gasteiger partial charge in [-0.3, -0.25) is 9.48 Å². The van der Waals surface area contributed by atoms with Crippen LogP contribution in [-0.4, -0.2) is 44.0 Å². The number of esters is 1. The monoisotopic (exact) mass is 416 g/mol. The summed E-state index contributed by atoms with van der Waals surface area (Å²) in [5.41, 5.74) is 1.50. The predicted molar refractivity (Wildman–Crippen MR) is 109 cm³/mol. The topological polar surface area (TPSA) is 114 Å². The molecule has 0 saturated heterocycles. The van der Waals surface area contributed by atoms with Crippen LogP contribution in [-0.2, 0) is 16.1 Å². The average molecular weight is 417 g/mol. The Balaban J connectivity index is 1.70. The van der Waals surface area contributed by atoms with Gasteiger partial charge in [-0.2, -0.15) is 10.1 Å². The lowest BCUT2D eigenvalue weighted by atomic mass is 10.1. The Morgan fingerprint density at radius 3 is 2.83 bits per heavy atom. The van der Waals surface area contributed by atoms with Crippen LogP contribution in [0.25, 0.3) is 0 Å². The highest BCUT2D eigenvalue weighted by Crippen LogP contribution is 2.25. The predicted octanol–water partition coefficient (Wildman–Crippen LogP) is 2.78. The molecule has 0 amide bonds. The third-order valence-corrected chi connectivity index (χ3v) is 4.20. The van der Waals surface area contributed by atoms with Crippen LogP contribution in [0.15, 0.2) is 48.9 Å². The number of benzene rings is 1. The standard InChI is InChI=1S/C19H21ClN6O3/c1-2-29-17(28)11-26-10-14(8-22-26)23-19-21-9-15(20)18(25-19)24-16(12-27)13-6-4-3-5-7-13/h3-10,16,27H,2,11-12H2,1H3,(H2,21,23,24,25)/t16-/m1/s1. The molecule has 0 saturated carbocycles. The van der Waals surface area contributed by atoms with E-state index in [0.717, 1.165) is 5.56 Å². The molecule has 3 N–H and O–H groups in total. The highest BCUT2D eigenvalue weighted by Gasteiger charge is 2.14. The van der Waals surface area contributed by atoms with E-state index in [9.17, 15) is 9.90 Å². The molecule has 1 atom stereocenters. The van der Waals surface area contributed by atoms with Crippen LogP contribution in [0, 0.1) is 0 Å². The summed E-state index contributed by atoms with van der Waals surface area (Å²) in [6, 6.07) is 9.12. The van der Waals surface area contributed by atoms with Crippen molar-refractivity contribution in [2.24, 2.45) is 0 Å². The zero-order valence-corrected chi connectivity index (χ0v) is 16.5. The van der Waals surface area contributed by atoms with Gasteiger partial charge in [0.2, 0.25) is 5.95 Å². The quantitative estimate of drug-likeness (QED) is 0.456. The van der Waals surface area contributed by atoms with Gasteiger partial charge in [-0.25, -0.2) is 4.98 Å². The minimum Gasteiger partial charge on any atom is -0.465 e. The molecule has 152 valence electrons. The van der Waals surface area contributed by atoms with Crippen LogP contribution < -0.4 is 10.6 Å². The fourth-order valence-electron chi connectivity index (χ4n) is 2.60. The lowest BCUT2D eigenvalue weighted by Gasteiger charge is -2.18. The van der Waals surface area contributed by atoms with E-state index in [1.54, 1.807) is 19.3 Å². The Morgan fingerprint density at radius 1 is 1.31 bits per heavy atom. The highest BCUT2D eigenvalue weighted by molar-refractivity contribution is 6.32. The molecule has 3 aromatic rings. The molecular weight excluding hydrogens is 396 g/mol. The Labute approximate surface area is 172 Å². The maximum Gasteiger partial charge on any atom is 0.327 e. The summed E-state index contributed by atoms with van der Waals surface area (Å²) in [5.74, 6) is 0.302. The molecule has 0 aliphatic heterocycles. The number of aliphatic hydroxyl groups is 1. The van der Waals surface area contributed by atoms with Crippen LogP contribution in [0.2, 0.25) is 5.02 Å². The van der Waals surface area contributed by atoms with Crippen LogP contribution in [0.4, 0.5) is 17.5 Å². The second-order valence-electron chi connectivity index (χ2n) is 6.04. The summed E-state index contributed by atoms with van der Waals surface area (Å²) >= 11 is 6.21. The number of anilines is 3. The van der Waals surface area contributed by atoms with Gasteiger partial charge in [0.25, 0.3) is 0 Å². The van der Waals surface area contributed by atoms with Gasteiger partial charge in [-0.15, -0.1) is 0 Å². The molecule has 0 radical (unpaired) electrons. The summed E-state index contributed by atoms with van der Waals surface area (Å²) in [5, 5.41) is 20.3. The number of rotatable bonds is 9. The maximum absolute atomic E-state index is 11.5. The first-order chi connectivity index (χ1) is 14.1. The van der Waals surface area contributed by atoms with Crippen molar-refractivity contribution >= 4 is 35.0 Å². The van der Waals surface area contributed by atoms with Crippen LogP contribution >= 0.6 is 11.6 Å². The summed E-state index contributed by atoms with van der Waals surface area (Å²) in [6.07, 6.45) is 4.65. The van der Waals surface area contributed by atoms with E-state index in [1.165, 1.54) is 10.9 Å². The molecule has 10 heteroatoms. The van der Waals surface area contributed by atoms with E-state index in [4.69, 9.17) is 16.3 Å². The first-order valence-corrected chi connectivity index (χ1v) is 9.36. The van der Waals surface area contributed by atoms with Crippen molar-refractivity contribution in [1.29, 1.82) is 0 Å². The normalized spacial score (nSPS) is 11.7. The Kier molecular flexibility index (Phi) is 6.99. The lowest BCUT2D eigenvalue weighted by molar-refractivity contribution is -0.144. The zero-order chi connectivity index (χ0) is 20.6. The molecule has 3 rings (SSSR count). The van der Waals surface area contributed by atoms with Crippen LogP contribution in [0.1, 0.15) is 18.5 Å². The van der Waals surface area contributed by atoms with Crippen molar-refractivity contribution in [2.75, 3.05) is 23.8 Å². The maximum atomic E-state index is 11.5. The Bertz CT molecular complexity index is 950. The van der Waals surface area contributed by atoms with Gasteiger partial charge < -0.3 is 20.5 Å². The number of carbonyl (C=O) groups excluding carboxylic acids is 1. The zero-order valence-electron chi connectivity index (χ0n) is 15.7. The molecule has 1 aromatic carbocycles. The fraction of sp³-hybridized carbons (Fsp3) is 0.263. The molecule has 2 aromatic heterocycles. The molecule has 0 aliphatic carbocycles. The number of halogens is 1. The third-order valence-electron chi connectivity index (χ3n) is 3.93. The van der Waals surface area contributed by atoms with E-state index in [2.05, 4.69) is 25.7 Å². The number of ether oxygens (including phenoxy) is 1. The van der Waals surface area contributed by atoms with Gasteiger partial charge in [-0.05, 0) is 12.5 Å². The second kappa shape index (κ2) is 9.85. The number of hydrogen-bond donors (Lipinski definition) is 3. The molecule has 2 heterocycles. The Morgan fingerprint density at radius 2 is 2.10 bits per heavy atom. The smallest absolute Gasteiger partial charge is 0.327 e. The molecule has 0 bridgehead atoms. The molecule has 9 nitrogen and oxygen atoms in total. The summed E-state index contributed by atoms with van der Waals surface area (Å²) in [6.45, 7) is 1.95. The molecule has 0 spiro atoms. The SMILES string of the molecule is CCOC(=O)Cn1cc(Nc2ncc(Cl)c(N[C@H](CO)c3ccccc3)n2)cn1. The third kappa shape index (κ3) is 5.66. The van der Waals surface area contributed by atoms with Crippen molar-refractivity contribution in [3.05, 3.63) is 59.5 Å². The molecule has 29 heavy (non-hydrogen) atoms. The van der Waals surface area contributed by atoms with E-state index in [1.807, 2.05) is 30.3 Å². The average Bonchev–Trinajstić information content (AvgIpc) is 3.15. The second-order valence-corrected chi connectivity index (χ2v) is 6.44. The van der Waals surface area contributed by atoms with Crippen molar-refractivity contribution in [3.63, 3.8) is 0 Å². The van der Waals surface area contributed by atoms with Crippen molar-refractivity contribution in [2.45, 2.75) is 19.5 Å². The molecule has 0 aliphatic rings. The van der Waals surface area contributed by atoms with Crippen molar-refractivity contribution in [3.8, 4) is 0 Å². The summed E-state index contributed by atoms with van der Waals surface area (Å²) in [4.78, 5) is 20.1. The summed E-state index contributed by atoms with van der Waals surface area (Å²) in [7, 11) is 0. The minimum atomic E-state index is -0.372. The fourth-order valence-corrected chi connectivity index (χ4v) is 2.74. The van der Waals surface area contributed by atoms with Gasteiger partial charge in [0, 0.05) is 6.20 Å². The van der Waals surface area contributed by atoms with Gasteiger partial charge in [0.15, 0.2) is 5.82 Å². The number of hydrogen-bond acceptors (Lipinski definition) is 8. The van der Waals surface area contributed by atoms with E-state index in [-0.39, 0.29) is 31.1 Å². The van der Waals surface area contributed by atoms with Gasteiger partial charge in [-0.1, -0.05) is 41.9 Å². The van der Waals surface area contributed by atoms with E-state index >= 15 is 0 Å². The van der Waals surface area contributed by atoms with E-state index < -0.39 is 0 Å². The minimum absolute atomic E-state index is 0.0130. The van der Waals surface area contributed by atoms with Gasteiger partial charge >= 0.3 is 5.97 Å². The van der Waals surface area contributed by atoms with Gasteiger partial charge in [0.05, 0.1) is 37.3 Å².